The molecule has 2 aromatic rings. The van der Waals surface area contributed by atoms with E-state index >= 15 is 0 Å². The molecule has 0 aromatic heterocycles. The molecule has 0 bridgehead atoms. The van der Waals surface area contributed by atoms with Crippen LogP contribution in [-0.4, -0.2) is 29.0 Å². The predicted octanol–water partition coefficient (Wildman–Crippen LogP) is 3.97. The van der Waals surface area contributed by atoms with Gasteiger partial charge >= 0.3 is 0 Å². The molecule has 29 heavy (non-hydrogen) atoms. The summed E-state index contributed by atoms with van der Waals surface area (Å²) in [7, 11) is -7.86. The molecule has 0 amide bonds. The molecule has 3 atom stereocenters. The van der Waals surface area contributed by atoms with Crippen LogP contribution in [-0.2, 0) is 28.6 Å². The highest BCUT2D eigenvalue weighted by atomic mass is 32.2. The lowest BCUT2D eigenvalue weighted by Crippen LogP contribution is -2.36. The summed E-state index contributed by atoms with van der Waals surface area (Å²) >= 11 is 0. The third kappa shape index (κ3) is 5.45. The van der Waals surface area contributed by atoms with Crippen molar-refractivity contribution >= 4 is 20.2 Å². The van der Waals surface area contributed by atoms with Crippen molar-refractivity contribution < 1.29 is 25.2 Å². The summed E-state index contributed by atoms with van der Waals surface area (Å²) in [6.07, 6.45) is 0.0555. The Morgan fingerprint density at radius 2 is 1.17 bits per heavy atom. The maximum absolute atomic E-state index is 12.6. The van der Waals surface area contributed by atoms with Crippen molar-refractivity contribution in [3.8, 4) is 0 Å². The van der Waals surface area contributed by atoms with Gasteiger partial charge in [-0.2, -0.15) is 16.8 Å². The normalized spacial score (nSPS) is 23.1. The van der Waals surface area contributed by atoms with Crippen molar-refractivity contribution in [3.63, 3.8) is 0 Å². The van der Waals surface area contributed by atoms with E-state index in [0.717, 1.165) is 11.1 Å². The Hall–Kier alpha value is -1.74. The third-order valence-electron chi connectivity index (χ3n) is 5.21. The summed E-state index contributed by atoms with van der Waals surface area (Å²) in [4.78, 5) is 0.178. The molecule has 3 rings (SSSR count). The van der Waals surface area contributed by atoms with E-state index in [4.69, 9.17) is 8.37 Å². The van der Waals surface area contributed by atoms with Crippen LogP contribution < -0.4 is 0 Å². The molecule has 0 saturated heterocycles. The molecule has 3 unspecified atom stereocenters. The number of benzene rings is 2. The SMILES string of the molecule is Cc1ccc(S(=O)(=O)OC2CCC(C)C(OS(=O)(=O)c3ccc(C)cc3)C2)cc1. The fourth-order valence-corrected chi connectivity index (χ4v) is 5.62. The Balaban J connectivity index is 1.71. The maximum atomic E-state index is 12.6. The molecule has 1 saturated carbocycles. The molecule has 158 valence electrons. The molecule has 8 heteroatoms. The first-order valence-electron chi connectivity index (χ1n) is 9.57. The summed E-state index contributed by atoms with van der Waals surface area (Å²) in [6.45, 7) is 5.65. The van der Waals surface area contributed by atoms with E-state index in [1.165, 1.54) is 24.3 Å². The minimum Gasteiger partial charge on any atom is -0.263 e. The molecular formula is C21H26O6S2. The van der Waals surface area contributed by atoms with Crippen molar-refractivity contribution in [2.45, 2.75) is 62.0 Å². The van der Waals surface area contributed by atoms with Crippen molar-refractivity contribution in [2.75, 3.05) is 0 Å². The molecule has 2 aromatic carbocycles. The Morgan fingerprint density at radius 3 is 1.66 bits per heavy atom. The Bertz CT molecular complexity index is 1040. The Morgan fingerprint density at radius 1 is 0.724 bits per heavy atom. The predicted molar refractivity (Wildman–Crippen MR) is 109 cm³/mol. The average Bonchev–Trinajstić information content (AvgIpc) is 2.65. The third-order valence-corrected chi connectivity index (χ3v) is 7.93. The standard InChI is InChI=1S/C21H26O6S2/c1-15-4-10-19(11-5-15)28(22,23)26-18-9-8-17(3)21(14-18)27-29(24,25)20-12-6-16(2)7-13-20/h4-7,10-13,17-18,21H,8-9,14H2,1-3H3. The largest absolute Gasteiger partial charge is 0.297 e. The van der Waals surface area contributed by atoms with Gasteiger partial charge in [0, 0.05) is 6.42 Å². The molecule has 0 radical (unpaired) electrons. The van der Waals surface area contributed by atoms with Crippen molar-refractivity contribution in [3.05, 3.63) is 59.7 Å². The highest BCUT2D eigenvalue weighted by Crippen LogP contribution is 2.32. The van der Waals surface area contributed by atoms with Crippen LogP contribution in [0.5, 0.6) is 0 Å². The fourth-order valence-electron chi connectivity index (χ4n) is 3.33. The first kappa shape index (κ1) is 22.0. The zero-order valence-electron chi connectivity index (χ0n) is 16.7. The zero-order valence-corrected chi connectivity index (χ0v) is 18.4. The topological polar surface area (TPSA) is 86.7 Å². The average molecular weight is 439 g/mol. The van der Waals surface area contributed by atoms with Crippen LogP contribution in [0.4, 0.5) is 0 Å². The number of hydrogen-bond donors (Lipinski definition) is 0. The monoisotopic (exact) mass is 438 g/mol. The van der Waals surface area contributed by atoms with E-state index in [1.54, 1.807) is 24.3 Å². The molecule has 1 aliphatic carbocycles. The van der Waals surface area contributed by atoms with Gasteiger partial charge in [0.2, 0.25) is 0 Å². The van der Waals surface area contributed by atoms with Crippen molar-refractivity contribution in [1.29, 1.82) is 0 Å². The molecule has 6 nitrogen and oxygen atoms in total. The second-order valence-corrected chi connectivity index (χ2v) is 10.8. The van der Waals surface area contributed by atoms with Gasteiger partial charge in [-0.15, -0.1) is 0 Å². The molecule has 0 heterocycles. The Kier molecular flexibility index (Phi) is 6.48. The highest BCUT2D eigenvalue weighted by molar-refractivity contribution is 7.87. The van der Waals surface area contributed by atoms with E-state index in [0.29, 0.717) is 12.8 Å². The number of aryl methyl sites for hydroxylation is 2. The molecule has 1 fully saturated rings. The smallest absolute Gasteiger partial charge is 0.263 e. The molecular weight excluding hydrogens is 412 g/mol. The first-order chi connectivity index (χ1) is 13.6. The van der Waals surface area contributed by atoms with Gasteiger partial charge < -0.3 is 0 Å². The summed E-state index contributed by atoms with van der Waals surface area (Å²) in [6, 6.07) is 12.9. The summed E-state index contributed by atoms with van der Waals surface area (Å²) in [5, 5.41) is 0. The van der Waals surface area contributed by atoms with E-state index in [1.807, 2.05) is 20.8 Å². The van der Waals surface area contributed by atoms with Crippen LogP contribution >= 0.6 is 0 Å². The minimum absolute atomic E-state index is 0.0304. The number of hydrogen-bond acceptors (Lipinski definition) is 6. The van der Waals surface area contributed by atoms with E-state index in [2.05, 4.69) is 0 Å². The summed E-state index contributed by atoms with van der Waals surface area (Å²) in [5.41, 5.74) is 1.90. The van der Waals surface area contributed by atoms with Crippen LogP contribution in [0.25, 0.3) is 0 Å². The van der Waals surface area contributed by atoms with Crippen molar-refractivity contribution in [1.82, 2.24) is 0 Å². The lowest BCUT2D eigenvalue weighted by atomic mass is 9.86. The summed E-state index contributed by atoms with van der Waals surface area (Å²) < 4.78 is 61.3. The molecule has 0 N–H and O–H groups in total. The van der Waals surface area contributed by atoms with Gasteiger partial charge in [-0.05, 0) is 56.9 Å². The van der Waals surface area contributed by atoms with Crippen LogP contribution in [0.2, 0.25) is 0 Å². The van der Waals surface area contributed by atoms with Gasteiger partial charge in [0.15, 0.2) is 0 Å². The number of rotatable bonds is 6. The lowest BCUT2D eigenvalue weighted by molar-refractivity contribution is 0.0402. The molecule has 1 aliphatic rings. The second kappa shape index (κ2) is 8.55. The lowest BCUT2D eigenvalue weighted by Gasteiger charge is -2.33. The van der Waals surface area contributed by atoms with Gasteiger partial charge in [0.05, 0.1) is 22.0 Å². The zero-order chi connectivity index (χ0) is 21.2. The molecule has 0 spiro atoms. The van der Waals surface area contributed by atoms with Crippen LogP contribution in [0, 0.1) is 19.8 Å². The van der Waals surface area contributed by atoms with E-state index in [-0.39, 0.29) is 22.1 Å². The fraction of sp³-hybridized carbons (Fsp3) is 0.429. The van der Waals surface area contributed by atoms with Gasteiger partial charge in [-0.25, -0.2) is 0 Å². The molecule has 0 aliphatic heterocycles. The second-order valence-electron chi connectivity index (χ2n) is 7.68. The van der Waals surface area contributed by atoms with Gasteiger partial charge in [-0.3, -0.25) is 8.37 Å². The summed E-state index contributed by atoms with van der Waals surface area (Å²) in [5.74, 6) is -0.0304. The first-order valence-corrected chi connectivity index (χ1v) is 12.4. The minimum atomic E-state index is -3.94. The highest BCUT2D eigenvalue weighted by Gasteiger charge is 2.35. The van der Waals surface area contributed by atoms with E-state index in [9.17, 15) is 16.8 Å². The van der Waals surface area contributed by atoms with Crippen LogP contribution in [0.3, 0.4) is 0 Å². The van der Waals surface area contributed by atoms with Gasteiger partial charge in [-0.1, -0.05) is 42.3 Å². The van der Waals surface area contributed by atoms with Gasteiger partial charge in [0.1, 0.15) is 0 Å². The quantitative estimate of drug-likeness (QED) is 0.634. The maximum Gasteiger partial charge on any atom is 0.297 e. The van der Waals surface area contributed by atoms with Crippen molar-refractivity contribution in [2.24, 2.45) is 5.92 Å². The van der Waals surface area contributed by atoms with Crippen LogP contribution in [0.15, 0.2) is 58.3 Å². The Labute approximate surface area is 173 Å². The van der Waals surface area contributed by atoms with Gasteiger partial charge in [0.25, 0.3) is 20.2 Å². The van der Waals surface area contributed by atoms with E-state index < -0.39 is 32.4 Å². The van der Waals surface area contributed by atoms with Crippen LogP contribution in [0.1, 0.15) is 37.3 Å².